The number of carbonyl (C=O) groups excluding carboxylic acids is 2. The smallest absolute Gasteiger partial charge is 0.247 e. The van der Waals surface area contributed by atoms with Crippen molar-refractivity contribution < 1.29 is 9.59 Å². The molecule has 2 heterocycles. The second kappa shape index (κ2) is 9.49. The molecule has 1 atom stereocenters. The molecule has 5 nitrogen and oxygen atoms in total. The second-order valence-electron chi connectivity index (χ2n) is 9.61. The Labute approximate surface area is 202 Å². The van der Waals surface area contributed by atoms with Crippen molar-refractivity contribution in [3.05, 3.63) is 83.7 Å². The Balaban J connectivity index is 1.55. The number of amides is 2. The van der Waals surface area contributed by atoms with Crippen LogP contribution in [0, 0.1) is 12.8 Å². The highest BCUT2D eigenvalue weighted by molar-refractivity contribution is 6.00. The first-order valence-corrected chi connectivity index (χ1v) is 12.5. The van der Waals surface area contributed by atoms with E-state index < -0.39 is 0 Å². The highest BCUT2D eigenvalue weighted by Gasteiger charge is 2.38. The Kier molecular flexibility index (Phi) is 6.27. The lowest BCUT2D eigenvalue weighted by Crippen LogP contribution is -2.48. The van der Waals surface area contributed by atoms with Gasteiger partial charge in [0, 0.05) is 18.7 Å². The van der Waals surface area contributed by atoms with Gasteiger partial charge in [0.15, 0.2) is 0 Å². The standard InChI is InChI=1S/C29H33N3O2/c1-3-4-17-30(29(34)22-11-8-12-22)20-27(33)32-25-15-6-5-14-24(25)31-18-9-16-26(31)28(32)23-13-7-10-21(2)19-23/h5-7,9-10,13-16,18-19,22,28H,3-4,8,11-12,17,20H2,1-2H3. The second-order valence-corrected chi connectivity index (χ2v) is 9.61. The maximum absolute atomic E-state index is 14.1. The first kappa shape index (κ1) is 22.5. The van der Waals surface area contributed by atoms with Crippen molar-refractivity contribution in [3.63, 3.8) is 0 Å². The van der Waals surface area contributed by atoms with Crippen LogP contribution in [-0.2, 0) is 9.59 Å². The number of anilines is 1. The SMILES string of the molecule is CCCCN(CC(=O)N1c2ccccc2-n2cccc2C1c1cccc(C)c1)C(=O)C1CCC1. The topological polar surface area (TPSA) is 45.6 Å². The highest BCUT2D eigenvalue weighted by atomic mass is 16.2. The molecule has 0 radical (unpaired) electrons. The van der Waals surface area contributed by atoms with Crippen molar-refractivity contribution in [3.8, 4) is 5.69 Å². The predicted octanol–water partition coefficient (Wildman–Crippen LogP) is 5.65. The van der Waals surface area contributed by atoms with Gasteiger partial charge in [0.1, 0.15) is 12.6 Å². The number of benzene rings is 2. The fourth-order valence-electron chi connectivity index (χ4n) is 5.19. The van der Waals surface area contributed by atoms with Crippen molar-refractivity contribution in [2.75, 3.05) is 18.0 Å². The maximum atomic E-state index is 14.1. The summed E-state index contributed by atoms with van der Waals surface area (Å²) in [6, 6.07) is 20.3. The van der Waals surface area contributed by atoms with Gasteiger partial charge in [0.25, 0.3) is 0 Å². The van der Waals surface area contributed by atoms with Gasteiger partial charge in [-0.05, 0) is 56.0 Å². The van der Waals surface area contributed by atoms with Crippen LogP contribution in [0.5, 0.6) is 0 Å². The van der Waals surface area contributed by atoms with Gasteiger partial charge < -0.3 is 9.47 Å². The number of unbranched alkanes of at least 4 members (excludes halogenated alkanes) is 1. The molecule has 1 aliphatic carbocycles. The van der Waals surface area contributed by atoms with E-state index in [-0.39, 0.29) is 30.3 Å². The summed E-state index contributed by atoms with van der Waals surface area (Å²) < 4.78 is 2.18. The zero-order valence-corrected chi connectivity index (χ0v) is 20.1. The summed E-state index contributed by atoms with van der Waals surface area (Å²) in [5.41, 5.74) is 5.17. The third kappa shape index (κ3) is 4.04. The largest absolute Gasteiger partial charge is 0.333 e. The van der Waals surface area contributed by atoms with Crippen LogP contribution in [0.15, 0.2) is 66.9 Å². The first-order valence-electron chi connectivity index (χ1n) is 12.5. The molecule has 5 rings (SSSR count). The van der Waals surface area contributed by atoms with Gasteiger partial charge in [-0.1, -0.05) is 61.7 Å². The Morgan fingerprint density at radius 1 is 1.00 bits per heavy atom. The van der Waals surface area contributed by atoms with Gasteiger partial charge >= 0.3 is 0 Å². The van der Waals surface area contributed by atoms with E-state index in [1.807, 2.05) is 34.1 Å². The van der Waals surface area contributed by atoms with Crippen LogP contribution in [0.2, 0.25) is 0 Å². The van der Waals surface area contributed by atoms with Crippen LogP contribution in [0.3, 0.4) is 0 Å². The van der Waals surface area contributed by atoms with Gasteiger partial charge in [-0.3, -0.25) is 14.5 Å². The van der Waals surface area contributed by atoms with E-state index in [0.717, 1.165) is 60.3 Å². The summed E-state index contributed by atoms with van der Waals surface area (Å²) in [6.45, 7) is 4.96. The van der Waals surface area contributed by atoms with Gasteiger partial charge in [-0.2, -0.15) is 0 Å². The van der Waals surface area contributed by atoms with Crippen molar-refractivity contribution in [1.29, 1.82) is 0 Å². The molecule has 1 aliphatic heterocycles. The summed E-state index contributed by atoms with van der Waals surface area (Å²) in [5, 5.41) is 0. The number of rotatable bonds is 7. The average Bonchev–Trinajstić information content (AvgIpc) is 3.29. The number of para-hydroxylation sites is 2. The quantitative estimate of drug-likeness (QED) is 0.462. The van der Waals surface area contributed by atoms with Crippen LogP contribution in [0.25, 0.3) is 5.69 Å². The molecule has 1 saturated carbocycles. The molecular weight excluding hydrogens is 422 g/mol. The van der Waals surface area contributed by atoms with Gasteiger partial charge in [0.2, 0.25) is 11.8 Å². The molecule has 2 aliphatic rings. The zero-order valence-electron chi connectivity index (χ0n) is 20.1. The minimum Gasteiger partial charge on any atom is -0.333 e. The van der Waals surface area contributed by atoms with E-state index >= 15 is 0 Å². The maximum Gasteiger partial charge on any atom is 0.247 e. The summed E-state index contributed by atoms with van der Waals surface area (Å²) >= 11 is 0. The van der Waals surface area contributed by atoms with Crippen LogP contribution < -0.4 is 4.90 Å². The van der Waals surface area contributed by atoms with Crippen molar-refractivity contribution >= 4 is 17.5 Å². The minimum atomic E-state index is -0.246. The molecule has 5 heteroatoms. The summed E-state index contributed by atoms with van der Waals surface area (Å²) in [4.78, 5) is 31.0. The third-order valence-corrected chi connectivity index (χ3v) is 7.22. The van der Waals surface area contributed by atoms with Gasteiger partial charge in [-0.25, -0.2) is 0 Å². The van der Waals surface area contributed by atoms with Crippen LogP contribution in [0.4, 0.5) is 5.69 Å². The van der Waals surface area contributed by atoms with Crippen molar-refractivity contribution in [1.82, 2.24) is 9.47 Å². The van der Waals surface area contributed by atoms with Gasteiger partial charge in [0.05, 0.1) is 17.1 Å². The Hall–Kier alpha value is -3.34. The van der Waals surface area contributed by atoms with Crippen LogP contribution in [0.1, 0.15) is 61.9 Å². The number of hydrogen-bond acceptors (Lipinski definition) is 2. The van der Waals surface area contributed by atoms with E-state index in [1.54, 1.807) is 0 Å². The average molecular weight is 456 g/mol. The highest BCUT2D eigenvalue weighted by Crippen LogP contribution is 2.42. The fourth-order valence-corrected chi connectivity index (χ4v) is 5.19. The molecule has 1 aromatic heterocycles. The summed E-state index contributed by atoms with van der Waals surface area (Å²) in [5.74, 6) is 0.201. The molecule has 176 valence electrons. The number of aryl methyl sites for hydroxylation is 1. The molecule has 0 N–H and O–H groups in total. The Morgan fingerprint density at radius 2 is 1.79 bits per heavy atom. The molecule has 3 aromatic rings. The summed E-state index contributed by atoms with van der Waals surface area (Å²) in [6.07, 6.45) is 6.97. The van der Waals surface area contributed by atoms with Crippen LogP contribution in [-0.4, -0.2) is 34.4 Å². The normalized spacial score (nSPS) is 17.0. The lowest BCUT2D eigenvalue weighted by atomic mass is 9.84. The third-order valence-electron chi connectivity index (χ3n) is 7.22. The molecule has 1 fully saturated rings. The van der Waals surface area contributed by atoms with E-state index in [0.29, 0.717) is 6.54 Å². The molecular formula is C29H33N3O2. The van der Waals surface area contributed by atoms with Gasteiger partial charge in [-0.15, -0.1) is 0 Å². The molecule has 0 saturated heterocycles. The lowest BCUT2D eigenvalue weighted by molar-refractivity contribution is -0.141. The van der Waals surface area contributed by atoms with E-state index in [1.165, 1.54) is 0 Å². The lowest BCUT2D eigenvalue weighted by Gasteiger charge is -2.40. The van der Waals surface area contributed by atoms with Crippen molar-refractivity contribution in [2.24, 2.45) is 5.92 Å². The Morgan fingerprint density at radius 3 is 2.50 bits per heavy atom. The summed E-state index contributed by atoms with van der Waals surface area (Å²) in [7, 11) is 0. The number of aromatic nitrogens is 1. The monoisotopic (exact) mass is 455 g/mol. The molecule has 2 aromatic carbocycles. The van der Waals surface area contributed by atoms with E-state index in [9.17, 15) is 9.59 Å². The molecule has 1 unspecified atom stereocenters. The fraction of sp³-hybridized carbons (Fsp3) is 0.379. The molecule has 2 amide bonds. The number of carbonyl (C=O) groups is 2. The van der Waals surface area contributed by atoms with E-state index in [2.05, 4.69) is 61.0 Å². The zero-order chi connectivity index (χ0) is 23.7. The molecule has 0 spiro atoms. The van der Waals surface area contributed by atoms with Crippen LogP contribution >= 0.6 is 0 Å². The first-order chi connectivity index (χ1) is 16.6. The number of hydrogen-bond donors (Lipinski definition) is 0. The Bertz CT molecular complexity index is 1190. The molecule has 34 heavy (non-hydrogen) atoms. The van der Waals surface area contributed by atoms with E-state index in [4.69, 9.17) is 0 Å². The number of nitrogens with zero attached hydrogens (tertiary/aromatic N) is 3. The number of fused-ring (bicyclic) bond motifs is 3. The minimum absolute atomic E-state index is 0.0322. The predicted molar refractivity (Wildman–Crippen MR) is 135 cm³/mol. The molecule has 0 bridgehead atoms. The van der Waals surface area contributed by atoms with Crippen molar-refractivity contribution in [2.45, 2.75) is 52.0 Å².